The van der Waals surface area contributed by atoms with Crippen LogP contribution >= 0.6 is 11.6 Å². The number of likely N-dealkylation sites (N-methyl/N-ethyl adjacent to an activating group) is 1. The molecule has 1 aliphatic heterocycles. The normalized spacial score (nSPS) is 19.8. The van der Waals surface area contributed by atoms with Crippen molar-refractivity contribution in [3.05, 3.63) is 35.4 Å². The van der Waals surface area contributed by atoms with Crippen LogP contribution in [0.3, 0.4) is 0 Å². The Balaban J connectivity index is 2.42. The van der Waals surface area contributed by atoms with Crippen molar-refractivity contribution < 1.29 is 5.11 Å². The van der Waals surface area contributed by atoms with Gasteiger partial charge in [0.05, 0.1) is 0 Å². The summed E-state index contributed by atoms with van der Waals surface area (Å²) in [5.74, 6) is 0.665. The Bertz CT molecular complexity index is 651. The van der Waals surface area contributed by atoms with Crippen molar-refractivity contribution >= 4 is 28.1 Å². The number of aryl methyl sites for hydroxylation is 1. The molecule has 0 saturated heterocycles. The molecule has 1 heterocycles. The van der Waals surface area contributed by atoms with Gasteiger partial charge in [-0.25, -0.2) is 0 Å². The molecule has 0 unspecified atom stereocenters. The van der Waals surface area contributed by atoms with Crippen LogP contribution in [0.2, 0.25) is 0 Å². The fourth-order valence-corrected chi connectivity index (χ4v) is 3.41. The molecule has 19 heavy (non-hydrogen) atoms. The van der Waals surface area contributed by atoms with E-state index in [1.54, 1.807) is 0 Å². The number of halogens is 1. The Hall–Kier alpha value is -1.41. The van der Waals surface area contributed by atoms with Crippen LogP contribution in [-0.4, -0.2) is 24.1 Å². The van der Waals surface area contributed by atoms with Gasteiger partial charge in [-0.05, 0) is 30.4 Å². The van der Waals surface area contributed by atoms with E-state index < -0.39 is 0 Å². The average Bonchev–Trinajstić information content (AvgIpc) is 2.68. The number of phenolic OH excluding ortho intramolecular Hbond substituents is 1. The second kappa shape index (κ2) is 4.31. The van der Waals surface area contributed by atoms with Gasteiger partial charge in [-0.3, -0.25) is 0 Å². The Morgan fingerprint density at radius 1 is 1.42 bits per heavy atom. The summed E-state index contributed by atoms with van der Waals surface area (Å²) in [6, 6.07) is 7.93. The van der Waals surface area contributed by atoms with Gasteiger partial charge in [0.2, 0.25) is 0 Å². The molecule has 0 amide bonds. The number of nitrogens with zero attached hydrogens (tertiary/aromatic N) is 1. The summed E-state index contributed by atoms with van der Waals surface area (Å²) in [5.41, 5.74) is 3.59. The molecule has 0 radical (unpaired) electrons. The van der Waals surface area contributed by atoms with Gasteiger partial charge >= 0.3 is 0 Å². The minimum Gasteiger partial charge on any atom is -0.507 e. The smallest absolute Gasteiger partial charge is 0.125 e. The summed E-state index contributed by atoms with van der Waals surface area (Å²) in [7, 11) is 2.06. The number of hydrogen-bond acceptors (Lipinski definition) is 2. The number of alkyl halides is 1. The molecule has 100 valence electrons. The van der Waals surface area contributed by atoms with Crippen molar-refractivity contribution in [1.29, 1.82) is 0 Å². The Morgan fingerprint density at radius 2 is 2.16 bits per heavy atom. The number of phenols is 1. The maximum atomic E-state index is 10.2. The number of aromatic hydroxyl groups is 1. The van der Waals surface area contributed by atoms with E-state index >= 15 is 0 Å². The molecule has 2 nitrogen and oxygen atoms in total. The number of benzene rings is 2. The molecule has 2 aromatic carbocycles. The van der Waals surface area contributed by atoms with Crippen LogP contribution in [0.5, 0.6) is 5.75 Å². The van der Waals surface area contributed by atoms with Crippen molar-refractivity contribution in [3.8, 4) is 5.75 Å². The van der Waals surface area contributed by atoms with Gasteiger partial charge in [0.1, 0.15) is 5.75 Å². The van der Waals surface area contributed by atoms with Gasteiger partial charge in [-0.2, -0.15) is 0 Å². The zero-order valence-corrected chi connectivity index (χ0v) is 12.2. The second-order valence-electron chi connectivity index (χ2n) is 5.49. The van der Waals surface area contributed by atoms with Gasteiger partial charge in [0.15, 0.2) is 0 Å². The largest absolute Gasteiger partial charge is 0.507 e. The summed E-state index contributed by atoms with van der Waals surface area (Å²) in [6.07, 6.45) is 0. The van der Waals surface area contributed by atoms with Gasteiger partial charge < -0.3 is 10.0 Å². The van der Waals surface area contributed by atoms with Gasteiger partial charge in [-0.15, -0.1) is 11.6 Å². The summed E-state index contributed by atoms with van der Waals surface area (Å²) in [4.78, 5) is 2.18. The molecule has 0 aromatic heterocycles. The first-order chi connectivity index (χ1) is 9.00. The summed E-state index contributed by atoms with van der Waals surface area (Å²) in [6.45, 7) is 5.05. The van der Waals surface area contributed by atoms with Crippen molar-refractivity contribution in [2.45, 2.75) is 25.1 Å². The van der Waals surface area contributed by atoms with E-state index in [0.29, 0.717) is 11.7 Å². The predicted octanol–water partition coefficient (Wildman–Crippen LogP) is 4.01. The molecular formula is C16H18ClNO. The first kappa shape index (κ1) is 12.6. The zero-order chi connectivity index (χ0) is 13.7. The topological polar surface area (TPSA) is 23.5 Å². The third-order valence-corrected chi connectivity index (χ3v) is 4.48. The van der Waals surface area contributed by atoms with E-state index in [9.17, 15) is 5.11 Å². The van der Waals surface area contributed by atoms with Gasteiger partial charge in [-0.1, -0.05) is 18.2 Å². The van der Waals surface area contributed by atoms with Crippen LogP contribution in [0.15, 0.2) is 24.3 Å². The standard InChI is InChI=1S/C16H18ClNO/c1-9-5-4-6-11-14(19)7-13-16(15(9)11)12(10(2)17)8-18(13)3/h4-7,10,12,19H,8H2,1-3H3/t10-,12+/m1/s1. The van der Waals surface area contributed by atoms with E-state index in [0.717, 1.165) is 17.6 Å². The fraction of sp³-hybridized carbons (Fsp3) is 0.375. The maximum Gasteiger partial charge on any atom is 0.125 e. The highest BCUT2D eigenvalue weighted by molar-refractivity contribution is 6.21. The predicted molar refractivity (Wildman–Crippen MR) is 81.7 cm³/mol. The fourth-order valence-electron chi connectivity index (χ4n) is 3.20. The van der Waals surface area contributed by atoms with Crippen molar-refractivity contribution in [1.82, 2.24) is 0 Å². The molecule has 0 spiro atoms. The molecule has 1 N–H and O–H groups in total. The minimum atomic E-state index is 0.0797. The quantitative estimate of drug-likeness (QED) is 0.795. The van der Waals surface area contributed by atoms with Crippen LogP contribution in [0.25, 0.3) is 10.8 Å². The Labute approximate surface area is 118 Å². The van der Waals surface area contributed by atoms with Crippen molar-refractivity contribution in [2.75, 3.05) is 18.5 Å². The average molecular weight is 276 g/mol. The molecule has 3 heteroatoms. The molecule has 2 aromatic rings. The number of anilines is 1. The first-order valence-electron chi connectivity index (χ1n) is 6.61. The van der Waals surface area contributed by atoms with Crippen LogP contribution in [0.4, 0.5) is 5.69 Å². The molecule has 0 fully saturated rings. The third-order valence-electron chi connectivity index (χ3n) is 4.17. The number of rotatable bonds is 1. The van der Waals surface area contributed by atoms with Crippen molar-refractivity contribution in [3.63, 3.8) is 0 Å². The molecule has 2 atom stereocenters. The second-order valence-corrected chi connectivity index (χ2v) is 6.18. The number of hydrogen-bond donors (Lipinski definition) is 1. The van der Waals surface area contributed by atoms with Crippen molar-refractivity contribution in [2.24, 2.45) is 0 Å². The Morgan fingerprint density at radius 3 is 2.84 bits per heavy atom. The molecule has 0 aliphatic carbocycles. The van der Waals surface area contributed by atoms with Crippen LogP contribution in [0.1, 0.15) is 24.0 Å². The number of fused-ring (bicyclic) bond motifs is 3. The lowest BCUT2D eigenvalue weighted by atomic mass is 9.90. The van der Waals surface area contributed by atoms with E-state index in [-0.39, 0.29) is 5.38 Å². The van der Waals surface area contributed by atoms with Gasteiger partial charge in [0.25, 0.3) is 0 Å². The lowest BCUT2D eigenvalue weighted by Gasteiger charge is -2.17. The minimum absolute atomic E-state index is 0.0797. The van der Waals surface area contributed by atoms with E-state index in [1.807, 2.05) is 25.1 Å². The molecular weight excluding hydrogens is 258 g/mol. The monoisotopic (exact) mass is 275 g/mol. The summed E-state index contributed by atoms with van der Waals surface area (Å²) < 4.78 is 0. The van der Waals surface area contributed by atoms with Crippen LogP contribution < -0.4 is 4.90 Å². The highest BCUT2D eigenvalue weighted by Crippen LogP contribution is 2.47. The molecule has 0 saturated carbocycles. The first-order valence-corrected chi connectivity index (χ1v) is 7.04. The Kier molecular flexibility index (Phi) is 2.86. The van der Waals surface area contributed by atoms with E-state index in [2.05, 4.69) is 24.9 Å². The highest BCUT2D eigenvalue weighted by Gasteiger charge is 2.32. The van der Waals surface area contributed by atoms with Crippen LogP contribution in [0, 0.1) is 6.92 Å². The summed E-state index contributed by atoms with van der Waals surface area (Å²) in [5, 5.41) is 12.4. The zero-order valence-electron chi connectivity index (χ0n) is 11.4. The molecule has 0 bridgehead atoms. The highest BCUT2D eigenvalue weighted by atomic mass is 35.5. The molecule has 1 aliphatic rings. The third kappa shape index (κ3) is 1.78. The SMILES string of the molecule is Cc1cccc2c(O)cc3c(c12)[C@H]([C@@H](C)Cl)CN3C. The lowest BCUT2D eigenvalue weighted by molar-refractivity contribution is 0.481. The lowest BCUT2D eigenvalue weighted by Crippen LogP contribution is -2.19. The van der Waals surface area contributed by atoms with E-state index in [4.69, 9.17) is 11.6 Å². The van der Waals surface area contributed by atoms with Gasteiger partial charge in [0, 0.05) is 42.0 Å². The van der Waals surface area contributed by atoms with Crippen LogP contribution in [-0.2, 0) is 0 Å². The summed E-state index contributed by atoms with van der Waals surface area (Å²) >= 11 is 6.38. The maximum absolute atomic E-state index is 10.2. The molecule has 3 rings (SSSR count). The van der Waals surface area contributed by atoms with E-state index in [1.165, 1.54) is 16.5 Å².